The Kier molecular flexibility index (Phi) is 9.58. The topological polar surface area (TPSA) is 119 Å². The first-order chi connectivity index (χ1) is 24.6. The molecule has 4 heterocycles. The minimum absolute atomic E-state index is 0.0704. The number of aromatic nitrogens is 1. The van der Waals surface area contributed by atoms with Crippen LogP contribution >= 0.6 is 0 Å². The maximum Gasteiger partial charge on any atom is 0.407 e. The zero-order valence-electron chi connectivity index (χ0n) is 29.5. The summed E-state index contributed by atoms with van der Waals surface area (Å²) < 4.78 is 7.58. The molecule has 1 saturated heterocycles. The van der Waals surface area contributed by atoms with E-state index in [-0.39, 0.29) is 30.2 Å². The largest absolute Gasteiger partial charge is 0.508 e. The Bertz CT molecular complexity index is 1960. The summed E-state index contributed by atoms with van der Waals surface area (Å²) in [4.78, 5) is 48.6. The van der Waals surface area contributed by atoms with Gasteiger partial charge in [-0.15, -0.1) is 0 Å². The van der Waals surface area contributed by atoms with Crippen LogP contribution in [0.4, 0.5) is 10.5 Å². The molecule has 3 aromatic carbocycles. The number of aromatic hydroxyl groups is 1. The molecule has 3 aliphatic rings. The van der Waals surface area contributed by atoms with Crippen molar-refractivity contribution in [1.29, 1.82) is 0 Å². The number of aryl methyl sites for hydroxylation is 1. The van der Waals surface area contributed by atoms with Crippen LogP contribution in [0.3, 0.4) is 0 Å². The van der Waals surface area contributed by atoms with Crippen molar-refractivity contribution in [3.05, 3.63) is 106 Å². The Hall–Kier alpha value is -5.13. The fourth-order valence-electron chi connectivity index (χ4n) is 7.74. The molecule has 1 fully saturated rings. The van der Waals surface area contributed by atoms with Gasteiger partial charge in [-0.2, -0.15) is 0 Å². The number of rotatable bonds is 6. The third-order valence-electron chi connectivity index (χ3n) is 10.8. The van der Waals surface area contributed by atoms with Gasteiger partial charge in [-0.25, -0.2) is 4.79 Å². The molecule has 51 heavy (non-hydrogen) atoms. The average molecular weight is 692 g/mol. The van der Waals surface area contributed by atoms with Crippen molar-refractivity contribution in [3.63, 3.8) is 0 Å². The molecule has 0 radical (unpaired) electrons. The maximum absolute atomic E-state index is 15.1. The molecule has 266 valence electrons. The lowest BCUT2D eigenvalue weighted by atomic mass is 9.90. The molecular weight excluding hydrogens is 646 g/mol. The molecule has 7 rings (SSSR count). The number of nitrogens with zero attached hydrogens (tertiary/aromatic N) is 5. The van der Waals surface area contributed by atoms with Gasteiger partial charge in [0, 0.05) is 87.6 Å². The van der Waals surface area contributed by atoms with Crippen molar-refractivity contribution in [1.82, 2.24) is 19.3 Å². The number of morpholine rings is 1. The van der Waals surface area contributed by atoms with Gasteiger partial charge in [0.05, 0.1) is 18.8 Å². The summed E-state index contributed by atoms with van der Waals surface area (Å²) in [5, 5.41) is 19.7. The molecule has 0 unspecified atom stereocenters. The molecule has 0 spiro atoms. The summed E-state index contributed by atoms with van der Waals surface area (Å²) in [6.45, 7) is 6.68. The number of phenols is 1. The van der Waals surface area contributed by atoms with Crippen LogP contribution in [0.2, 0.25) is 0 Å². The average Bonchev–Trinajstić information content (AvgIpc) is 3.28. The number of carboxylic acid groups (broad SMARTS) is 1. The fourth-order valence-corrected chi connectivity index (χ4v) is 7.74. The number of anilines is 1. The number of ether oxygens (including phenoxy) is 1. The Balaban J connectivity index is 1.32. The van der Waals surface area contributed by atoms with Gasteiger partial charge in [-0.3, -0.25) is 14.5 Å². The molecule has 0 bridgehead atoms. The summed E-state index contributed by atoms with van der Waals surface area (Å²) >= 11 is 0. The second kappa shape index (κ2) is 14.2. The van der Waals surface area contributed by atoms with Gasteiger partial charge in [0.15, 0.2) is 0 Å². The number of phenolic OH excluding ortho intramolecular Hbond substituents is 1. The van der Waals surface area contributed by atoms with E-state index in [4.69, 9.17) is 4.74 Å². The molecule has 3 amide bonds. The quantitative estimate of drug-likeness (QED) is 0.282. The number of hydrogen-bond donors (Lipinski definition) is 2. The van der Waals surface area contributed by atoms with E-state index in [1.807, 2.05) is 41.6 Å². The highest BCUT2D eigenvalue weighted by atomic mass is 16.5. The normalized spacial score (nSPS) is 17.7. The SMILES string of the molecule is Cc1c(C(=O)N(C)c2ccc(O)cc2)cc(-c2cc3c(cc2C(=O)N2Cc4ccccc4C[C@H]2CN2CCOCC2)CN(C(=O)O)CCC3)n1C. The highest BCUT2D eigenvalue weighted by Gasteiger charge is 2.35. The Labute approximate surface area is 298 Å². The molecule has 4 aromatic rings. The van der Waals surface area contributed by atoms with E-state index >= 15 is 4.79 Å². The molecule has 11 nitrogen and oxygen atoms in total. The van der Waals surface area contributed by atoms with Crippen LogP contribution in [0.1, 0.15) is 55.1 Å². The molecule has 1 atom stereocenters. The van der Waals surface area contributed by atoms with Crippen LogP contribution in [0, 0.1) is 6.92 Å². The first-order valence-corrected chi connectivity index (χ1v) is 17.6. The Morgan fingerprint density at radius 1 is 0.882 bits per heavy atom. The molecule has 1 aromatic heterocycles. The number of hydrogen-bond acceptors (Lipinski definition) is 6. The summed E-state index contributed by atoms with van der Waals surface area (Å²) in [7, 11) is 3.61. The van der Waals surface area contributed by atoms with Crippen LogP contribution < -0.4 is 4.90 Å². The minimum atomic E-state index is -0.975. The molecule has 2 N–H and O–H groups in total. The van der Waals surface area contributed by atoms with Gasteiger partial charge in [-0.1, -0.05) is 24.3 Å². The lowest BCUT2D eigenvalue weighted by molar-refractivity contribution is 0.0193. The highest BCUT2D eigenvalue weighted by Crippen LogP contribution is 2.36. The fraction of sp³-hybridized carbons (Fsp3) is 0.375. The monoisotopic (exact) mass is 691 g/mol. The number of benzene rings is 3. The molecule has 0 saturated carbocycles. The van der Waals surface area contributed by atoms with E-state index in [2.05, 4.69) is 29.2 Å². The molecule has 0 aliphatic carbocycles. The van der Waals surface area contributed by atoms with Crippen molar-refractivity contribution in [2.45, 2.75) is 45.3 Å². The lowest BCUT2D eigenvalue weighted by Crippen LogP contribution is -2.52. The standard InChI is InChI=1S/C40H45N5O6/c1-26-34(38(47)42(3)31-10-12-33(46)13-11-31)22-37(41(26)2)35-20-28-9-6-14-44(40(49)50)23-30(28)21-36(35)39(48)45-24-29-8-5-4-7-27(29)19-32(45)25-43-15-17-51-18-16-43/h4-5,7-8,10-13,20-22,32,46H,6,9,14-19,23-25H2,1-3H3,(H,49,50)/t32-/m0/s1. The van der Waals surface area contributed by atoms with E-state index < -0.39 is 6.09 Å². The van der Waals surface area contributed by atoms with Gasteiger partial charge >= 0.3 is 6.09 Å². The molecule has 11 heteroatoms. The predicted molar refractivity (Wildman–Crippen MR) is 194 cm³/mol. The Morgan fingerprint density at radius 2 is 1.61 bits per heavy atom. The van der Waals surface area contributed by atoms with E-state index in [1.165, 1.54) is 10.5 Å². The Morgan fingerprint density at radius 3 is 2.33 bits per heavy atom. The van der Waals surface area contributed by atoms with E-state index in [1.54, 1.807) is 36.2 Å². The summed E-state index contributed by atoms with van der Waals surface area (Å²) in [5.74, 6) is -0.202. The highest BCUT2D eigenvalue weighted by molar-refractivity contribution is 6.08. The van der Waals surface area contributed by atoms with Crippen LogP contribution in [0.15, 0.2) is 66.7 Å². The van der Waals surface area contributed by atoms with Crippen molar-refractivity contribution in [2.24, 2.45) is 7.05 Å². The van der Waals surface area contributed by atoms with Crippen molar-refractivity contribution in [3.8, 4) is 17.0 Å². The smallest absolute Gasteiger partial charge is 0.407 e. The van der Waals surface area contributed by atoms with Crippen molar-refractivity contribution >= 4 is 23.6 Å². The third kappa shape index (κ3) is 6.83. The molecular formula is C40H45N5O6. The van der Waals surface area contributed by atoms with E-state index in [0.717, 1.165) is 59.7 Å². The van der Waals surface area contributed by atoms with Gasteiger partial charge in [0.25, 0.3) is 11.8 Å². The zero-order chi connectivity index (χ0) is 35.8. The van der Waals surface area contributed by atoms with Crippen LogP contribution in [-0.4, -0.2) is 99.9 Å². The maximum atomic E-state index is 15.1. The van der Waals surface area contributed by atoms with Crippen LogP contribution in [-0.2, 0) is 37.7 Å². The second-order valence-electron chi connectivity index (χ2n) is 13.9. The second-order valence-corrected chi connectivity index (χ2v) is 13.9. The van der Waals surface area contributed by atoms with E-state index in [9.17, 15) is 19.8 Å². The van der Waals surface area contributed by atoms with Gasteiger partial charge in [-0.05, 0) is 90.9 Å². The summed E-state index contributed by atoms with van der Waals surface area (Å²) in [6.07, 6.45) is 1.11. The van der Waals surface area contributed by atoms with Crippen LogP contribution in [0.5, 0.6) is 5.75 Å². The summed E-state index contributed by atoms with van der Waals surface area (Å²) in [6, 6.07) is 20.5. The number of amides is 3. The molecule has 3 aliphatic heterocycles. The van der Waals surface area contributed by atoms with Gasteiger partial charge < -0.3 is 34.2 Å². The third-order valence-corrected chi connectivity index (χ3v) is 10.8. The predicted octanol–water partition coefficient (Wildman–Crippen LogP) is 5.31. The minimum Gasteiger partial charge on any atom is -0.508 e. The first-order valence-electron chi connectivity index (χ1n) is 17.6. The number of carbonyl (C=O) groups is 3. The number of carbonyl (C=O) groups excluding carboxylic acids is 2. The summed E-state index contributed by atoms with van der Waals surface area (Å²) in [5.41, 5.74) is 8.07. The van der Waals surface area contributed by atoms with Crippen LogP contribution in [0.25, 0.3) is 11.3 Å². The first kappa shape index (κ1) is 34.3. The van der Waals surface area contributed by atoms with Crippen molar-refractivity contribution in [2.75, 3.05) is 51.3 Å². The van der Waals surface area contributed by atoms with Gasteiger partial charge in [0.1, 0.15) is 5.75 Å². The van der Waals surface area contributed by atoms with Crippen molar-refractivity contribution < 1.29 is 29.3 Å². The zero-order valence-corrected chi connectivity index (χ0v) is 29.5. The van der Waals surface area contributed by atoms with Gasteiger partial charge in [0.2, 0.25) is 0 Å². The van der Waals surface area contributed by atoms with E-state index in [0.29, 0.717) is 56.0 Å². The number of fused-ring (bicyclic) bond motifs is 2. The lowest BCUT2D eigenvalue weighted by Gasteiger charge is -2.41.